The number of pyridine rings is 2. The fraction of sp³-hybridized carbons (Fsp3) is 0.211. The van der Waals surface area contributed by atoms with E-state index >= 15 is 0 Å². The van der Waals surface area contributed by atoms with Crippen LogP contribution in [0.15, 0.2) is 85.2 Å². The van der Waals surface area contributed by atoms with Crippen molar-refractivity contribution in [2.45, 2.75) is 40.8 Å². The van der Waals surface area contributed by atoms with Crippen LogP contribution in [0.25, 0.3) is 33.8 Å². The molecule has 4 heterocycles. The first-order valence-corrected chi connectivity index (χ1v) is 15.4. The number of aryl methyl sites for hydroxylation is 4. The van der Waals surface area contributed by atoms with Crippen LogP contribution in [0.1, 0.15) is 33.6 Å². The van der Waals surface area contributed by atoms with Crippen molar-refractivity contribution in [1.82, 2.24) is 29.4 Å². The van der Waals surface area contributed by atoms with E-state index < -0.39 is 12.2 Å². The fourth-order valence-corrected chi connectivity index (χ4v) is 5.16. The minimum atomic E-state index is -0.546. The van der Waals surface area contributed by atoms with Gasteiger partial charge in [-0.3, -0.25) is 0 Å². The molecule has 2 N–H and O–H groups in total. The Morgan fingerprint density at radius 1 is 0.667 bits per heavy atom. The number of imidazole rings is 2. The number of hydrogen-bond donors (Lipinski definition) is 2. The average molecular weight is 643 g/mol. The molecular weight excluding hydrogens is 604 g/mol. The smallest absolute Gasteiger partial charge is 0.408 e. The van der Waals surface area contributed by atoms with Crippen molar-refractivity contribution in [2.24, 2.45) is 0 Å². The topological polar surface area (TPSA) is 111 Å². The van der Waals surface area contributed by atoms with Crippen LogP contribution in [0.5, 0.6) is 0 Å². The lowest BCUT2D eigenvalue weighted by atomic mass is 10.1. The van der Waals surface area contributed by atoms with Gasteiger partial charge in [-0.05, 0) is 51.0 Å². The number of nitrogens with one attached hydrogen (secondary N) is 2. The van der Waals surface area contributed by atoms with E-state index in [0.717, 1.165) is 56.3 Å². The second-order valence-corrected chi connectivity index (χ2v) is 11.4. The largest absolute Gasteiger partial charge is 0.453 e. The van der Waals surface area contributed by atoms with Gasteiger partial charge < -0.3 is 28.9 Å². The minimum Gasteiger partial charge on any atom is -0.453 e. The van der Waals surface area contributed by atoms with E-state index in [1.54, 1.807) is 0 Å². The van der Waals surface area contributed by atoms with Crippen LogP contribution in [0, 0.1) is 40.0 Å². The minimum absolute atomic E-state index is 0.0527. The van der Waals surface area contributed by atoms with Gasteiger partial charge in [0.1, 0.15) is 11.3 Å². The molecule has 0 aliphatic heterocycles. The number of terminal acetylenes is 1. The number of methoxy groups -OCH3 is 1. The van der Waals surface area contributed by atoms with Crippen molar-refractivity contribution < 1.29 is 19.1 Å². The highest BCUT2D eigenvalue weighted by molar-refractivity contribution is 5.71. The van der Waals surface area contributed by atoms with Crippen molar-refractivity contribution >= 4 is 23.5 Å². The van der Waals surface area contributed by atoms with E-state index in [4.69, 9.17) is 21.1 Å². The van der Waals surface area contributed by atoms with Crippen molar-refractivity contribution in [3.63, 3.8) is 0 Å². The molecule has 10 heteroatoms. The lowest BCUT2D eigenvalue weighted by Crippen LogP contribution is -2.24. The van der Waals surface area contributed by atoms with Gasteiger partial charge in [-0.25, -0.2) is 19.6 Å². The Balaban J connectivity index is 0.000000188. The van der Waals surface area contributed by atoms with Gasteiger partial charge in [0.25, 0.3) is 0 Å². The van der Waals surface area contributed by atoms with Crippen molar-refractivity contribution in [2.75, 3.05) is 13.7 Å². The summed E-state index contributed by atoms with van der Waals surface area (Å²) >= 11 is 0. The van der Waals surface area contributed by atoms with Crippen LogP contribution in [0.2, 0.25) is 0 Å². The molecular formula is C38H38N6O4. The molecule has 4 aromatic heterocycles. The number of rotatable bonds is 7. The van der Waals surface area contributed by atoms with Crippen molar-refractivity contribution in [3.05, 3.63) is 119 Å². The Kier molecular flexibility index (Phi) is 10.4. The Labute approximate surface area is 279 Å². The Hall–Kier alpha value is -6.08. The average Bonchev–Trinajstić information content (AvgIpc) is 3.63. The molecule has 0 aliphatic carbocycles. The van der Waals surface area contributed by atoms with Gasteiger partial charge in [0, 0.05) is 23.5 Å². The summed E-state index contributed by atoms with van der Waals surface area (Å²) in [6, 6.07) is 24.3. The third-order valence-corrected chi connectivity index (χ3v) is 7.65. The predicted octanol–water partition coefficient (Wildman–Crippen LogP) is 6.95. The summed E-state index contributed by atoms with van der Waals surface area (Å²) < 4.78 is 13.5. The van der Waals surface area contributed by atoms with Crippen LogP contribution < -0.4 is 10.6 Å². The Morgan fingerprint density at radius 2 is 1.08 bits per heavy atom. The molecule has 0 radical (unpaired) electrons. The number of hydrogen-bond acceptors (Lipinski definition) is 6. The molecule has 10 nitrogen and oxygen atoms in total. The van der Waals surface area contributed by atoms with E-state index in [1.165, 1.54) is 18.2 Å². The highest BCUT2D eigenvalue weighted by Gasteiger charge is 2.17. The summed E-state index contributed by atoms with van der Waals surface area (Å²) in [5.74, 6) is 2.27. The molecule has 2 aromatic carbocycles. The van der Waals surface area contributed by atoms with Gasteiger partial charge in [0.2, 0.25) is 0 Å². The number of benzene rings is 2. The van der Waals surface area contributed by atoms with Crippen LogP contribution in [-0.2, 0) is 22.6 Å². The standard InChI is InChI=1S/C20H19N3O2.C18H19N3O2/c1-4-11-25-20(24)21-12-17-19(16-8-5-14(2)6-9-16)22-18-10-7-15(3)13-23(17)18;1-12-4-7-14(8-5-12)17-15(10-19-18(22)23-3)21-11-13(2)6-9-16(21)20-17/h1,5-10,13H,11-12H2,2-3H3,(H,21,24);4-9,11H,10H2,1-3H3,(H,19,22). The molecule has 0 spiro atoms. The van der Waals surface area contributed by atoms with Crippen LogP contribution in [-0.4, -0.2) is 44.7 Å². The number of amides is 2. The second kappa shape index (κ2) is 15.0. The van der Waals surface area contributed by atoms with Gasteiger partial charge in [0.15, 0.2) is 6.61 Å². The molecule has 0 fully saturated rings. The number of nitrogens with zero attached hydrogens (tertiary/aromatic N) is 4. The highest BCUT2D eigenvalue weighted by atomic mass is 16.5. The first kappa shape index (κ1) is 33.3. The number of carbonyl (C=O) groups excluding carboxylic acids is 2. The third kappa shape index (κ3) is 7.82. The molecule has 244 valence electrons. The van der Waals surface area contributed by atoms with Gasteiger partial charge in [-0.2, -0.15) is 0 Å². The lowest BCUT2D eigenvalue weighted by Gasteiger charge is -2.08. The van der Waals surface area contributed by atoms with Crippen LogP contribution in [0.4, 0.5) is 9.59 Å². The summed E-state index contributed by atoms with van der Waals surface area (Å²) in [6.45, 7) is 8.73. The zero-order valence-corrected chi connectivity index (χ0v) is 27.7. The first-order chi connectivity index (χ1) is 23.2. The maximum atomic E-state index is 11.7. The normalized spacial score (nSPS) is 10.6. The Bertz CT molecular complexity index is 2100. The fourth-order valence-electron chi connectivity index (χ4n) is 5.16. The SMILES string of the molecule is C#CCOC(=O)NCc1c(-c2ccc(C)cc2)nc2ccc(C)cn12.COC(=O)NCc1c(-c2ccc(C)cc2)nc2ccc(C)cn12. The maximum Gasteiger partial charge on any atom is 0.408 e. The Morgan fingerprint density at radius 3 is 1.50 bits per heavy atom. The van der Waals surface area contributed by atoms with E-state index in [-0.39, 0.29) is 13.2 Å². The first-order valence-electron chi connectivity index (χ1n) is 15.4. The van der Waals surface area contributed by atoms with Gasteiger partial charge >= 0.3 is 12.2 Å². The van der Waals surface area contributed by atoms with Crippen LogP contribution >= 0.6 is 0 Å². The number of carbonyl (C=O) groups is 2. The summed E-state index contributed by atoms with van der Waals surface area (Å²) in [4.78, 5) is 32.6. The van der Waals surface area contributed by atoms with E-state index in [1.807, 2.05) is 103 Å². The molecule has 0 bridgehead atoms. The van der Waals surface area contributed by atoms with E-state index in [2.05, 4.69) is 40.3 Å². The zero-order chi connectivity index (χ0) is 34.2. The van der Waals surface area contributed by atoms with Gasteiger partial charge in [0.05, 0.1) is 43.0 Å². The highest BCUT2D eigenvalue weighted by Crippen LogP contribution is 2.27. The van der Waals surface area contributed by atoms with Gasteiger partial charge in [-0.1, -0.05) is 77.7 Å². The monoisotopic (exact) mass is 642 g/mol. The lowest BCUT2D eigenvalue weighted by molar-refractivity contribution is 0.159. The molecule has 0 atom stereocenters. The molecule has 2 amide bonds. The summed E-state index contributed by atoms with van der Waals surface area (Å²) in [5.41, 5.74) is 11.8. The maximum absolute atomic E-state index is 11.7. The number of fused-ring (bicyclic) bond motifs is 2. The molecule has 0 aliphatic rings. The van der Waals surface area contributed by atoms with Crippen LogP contribution in [0.3, 0.4) is 0 Å². The predicted molar refractivity (Wildman–Crippen MR) is 186 cm³/mol. The molecule has 0 saturated heterocycles. The second-order valence-electron chi connectivity index (χ2n) is 11.4. The van der Waals surface area contributed by atoms with E-state index in [9.17, 15) is 9.59 Å². The third-order valence-electron chi connectivity index (χ3n) is 7.65. The van der Waals surface area contributed by atoms with E-state index in [0.29, 0.717) is 6.54 Å². The molecule has 0 unspecified atom stereocenters. The molecule has 6 aromatic rings. The van der Waals surface area contributed by atoms with Gasteiger partial charge in [-0.15, -0.1) is 6.42 Å². The quantitative estimate of drug-likeness (QED) is 0.182. The number of alkyl carbamates (subject to hydrolysis) is 2. The van der Waals surface area contributed by atoms with Crippen molar-refractivity contribution in [1.29, 1.82) is 0 Å². The molecule has 48 heavy (non-hydrogen) atoms. The number of aromatic nitrogens is 4. The summed E-state index contributed by atoms with van der Waals surface area (Å²) in [7, 11) is 1.36. The zero-order valence-electron chi connectivity index (χ0n) is 27.7. The van der Waals surface area contributed by atoms with Crippen molar-refractivity contribution in [3.8, 4) is 34.9 Å². The molecule has 0 saturated carbocycles. The summed E-state index contributed by atoms with van der Waals surface area (Å²) in [5, 5.41) is 5.48. The summed E-state index contributed by atoms with van der Waals surface area (Å²) in [6.07, 6.45) is 8.13. The number of ether oxygens (including phenoxy) is 2. The molecule has 6 rings (SSSR count).